The van der Waals surface area contributed by atoms with Crippen LogP contribution in [-0.2, 0) is 17.4 Å². The van der Waals surface area contributed by atoms with Gasteiger partial charge in [0.05, 0.1) is 6.42 Å². The lowest BCUT2D eigenvalue weighted by molar-refractivity contribution is -0.270. The minimum absolute atomic E-state index is 0.377. The molecule has 1 aromatic heterocycles. The molecule has 0 radical (unpaired) electrons. The van der Waals surface area contributed by atoms with Crippen molar-refractivity contribution in [2.24, 2.45) is 7.05 Å². The summed E-state index contributed by atoms with van der Waals surface area (Å²) in [6.45, 7) is 3.62. The highest BCUT2D eigenvalue weighted by Gasteiger charge is 2.58. The van der Waals surface area contributed by atoms with Crippen LogP contribution in [0.1, 0.15) is 23.4 Å². The molecule has 0 saturated carbocycles. The van der Waals surface area contributed by atoms with Crippen LogP contribution in [0.25, 0.3) is 0 Å². The Balaban J connectivity index is 2.27. The molecule has 0 spiro atoms. The fourth-order valence-corrected chi connectivity index (χ4v) is 2.55. The van der Waals surface area contributed by atoms with Crippen molar-refractivity contribution in [1.29, 1.82) is 0 Å². The van der Waals surface area contributed by atoms with Crippen molar-refractivity contribution in [2.75, 3.05) is 5.32 Å². The molecule has 0 aliphatic heterocycles. The first-order valence-electron chi connectivity index (χ1n) is 7.18. The SMILES string of the molecule is Cc1cc(C)cc(NC(=O)CC(O)(c2nccn2C)C(F)(F)F)c1. The highest BCUT2D eigenvalue weighted by Crippen LogP contribution is 2.40. The number of nitrogens with one attached hydrogen (secondary N) is 1. The number of hydrogen-bond donors (Lipinski definition) is 2. The molecule has 1 heterocycles. The zero-order chi connectivity index (χ0) is 18.1. The number of aromatic nitrogens is 2. The zero-order valence-electron chi connectivity index (χ0n) is 13.5. The molecule has 1 unspecified atom stereocenters. The number of halogens is 3. The molecule has 0 fully saturated rings. The molecule has 2 N–H and O–H groups in total. The van der Waals surface area contributed by atoms with Crippen LogP contribution in [0.3, 0.4) is 0 Å². The van der Waals surface area contributed by atoms with Crippen LogP contribution in [0.15, 0.2) is 30.6 Å². The average molecular weight is 341 g/mol. The first-order valence-corrected chi connectivity index (χ1v) is 7.18. The normalized spacial score (nSPS) is 14.3. The molecule has 2 rings (SSSR count). The number of rotatable bonds is 4. The summed E-state index contributed by atoms with van der Waals surface area (Å²) in [5, 5.41) is 12.6. The average Bonchev–Trinajstić information content (AvgIpc) is 2.82. The number of carbonyl (C=O) groups is 1. The van der Waals surface area contributed by atoms with Crippen LogP contribution in [0.4, 0.5) is 18.9 Å². The molecule has 0 saturated heterocycles. The third-order valence-corrected chi connectivity index (χ3v) is 3.58. The van der Waals surface area contributed by atoms with Gasteiger partial charge >= 0.3 is 6.18 Å². The van der Waals surface area contributed by atoms with Gasteiger partial charge in [0.25, 0.3) is 0 Å². The summed E-state index contributed by atoms with van der Waals surface area (Å²) in [6, 6.07) is 5.15. The number of aryl methyl sites for hydroxylation is 3. The number of benzene rings is 1. The van der Waals surface area contributed by atoms with E-state index in [4.69, 9.17) is 0 Å². The quantitative estimate of drug-likeness (QED) is 0.899. The van der Waals surface area contributed by atoms with Gasteiger partial charge in [0, 0.05) is 25.1 Å². The molecular formula is C16H18F3N3O2. The van der Waals surface area contributed by atoms with Crippen molar-refractivity contribution in [3.05, 3.63) is 47.5 Å². The van der Waals surface area contributed by atoms with Gasteiger partial charge in [-0.1, -0.05) is 6.07 Å². The van der Waals surface area contributed by atoms with E-state index in [1.54, 1.807) is 12.1 Å². The number of imidazole rings is 1. The maximum Gasteiger partial charge on any atom is 0.425 e. The number of nitrogens with zero attached hydrogens (tertiary/aromatic N) is 2. The van der Waals surface area contributed by atoms with E-state index < -0.39 is 29.9 Å². The Kier molecular flexibility index (Phi) is 4.70. The van der Waals surface area contributed by atoms with E-state index in [-0.39, 0.29) is 0 Å². The van der Waals surface area contributed by atoms with Gasteiger partial charge in [-0.2, -0.15) is 13.2 Å². The molecule has 24 heavy (non-hydrogen) atoms. The number of aliphatic hydroxyl groups is 1. The zero-order valence-corrected chi connectivity index (χ0v) is 13.5. The van der Waals surface area contributed by atoms with Crippen molar-refractivity contribution < 1.29 is 23.1 Å². The molecule has 0 aliphatic carbocycles. The van der Waals surface area contributed by atoms with Gasteiger partial charge in [-0.05, 0) is 37.1 Å². The van der Waals surface area contributed by atoms with Gasteiger partial charge < -0.3 is 15.0 Å². The van der Waals surface area contributed by atoms with Gasteiger partial charge in [0.1, 0.15) is 0 Å². The third kappa shape index (κ3) is 3.59. The lowest BCUT2D eigenvalue weighted by atomic mass is 9.97. The summed E-state index contributed by atoms with van der Waals surface area (Å²) in [5.74, 6) is -1.59. The molecule has 1 aromatic carbocycles. The van der Waals surface area contributed by atoms with Gasteiger partial charge in [-0.25, -0.2) is 4.98 Å². The lowest BCUT2D eigenvalue weighted by Gasteiger charge is -2.29. The maximum absolute atomic E-state index is 13.4. The van der Waals surface area contributed by atoms with Crippen molar-refractivity contribution in [2.45, 2.75) is 32.0 Å². The molecule has 1 amide bonds. The number of amides is 1. The maximum atomic E-state index is 13.4. The minimum atomic E-state index is -5.05. The van der Waals surface area contributed by atoms with Gasteiger partial charge in [0.15, 0.2) is 5.82 Å². The molecule has 8 heteroatoms. The largest absolute Gasteiger partial charge is 0.425 e. The fourth-order valence-electron chi connectivity index (χ4n) is 2.55. The van der Waals surface area contributed by atoms with E-state index in [2.05, 4.69) is 10.3 Å². The van der Waals surface area contributed by atoms with Crippen LogP contribution in [-0.4, -0.2) is 26.7 Å². The number of anilines is 1. The smallest absolute Gasteiger partial charge is 0.374 e. The molecule has 0 bridgehead atoms. The first-order chi connectivity index (χ1) is 11.0. The Labute approximate surface area is 137 Å². The minimum Gasteiger partial charge on any atom is -0.374 e. The highest BCUT2D eigenvalue weighted by molar-refractivity contribution is 5.91. The number of alkyl halides is 3. The van der Waals surface area contributed by atoms with Crippen molar-refractivity contribution in [1.82, 2.24) is 9.55 Å². The Bertz CT molecular complexity index is 735. The topological polar surface area (TPSA) is 67.2 Å². The lowest BCUT2D eigenvalue weighted by Crippen LogP contribution is -2.46. The summed E-state index contributed by atoms with van der Waals surface area (Å²) in [5.41, 5.74) is -1.27. The number of hydrogen-bond acceptors (Lipinski definition) is 3. The van der Waals surface area contributed by atoms with E-state index >= 15 is 0 Å². The molecular weight excluding hydrogens is 323 g/mol. The van der Waals surface area contributed by atoms with Crippen molar-refractivity contribution >= 4 is 11.6 Å². The van der Waals surface area contributed by atoms with Gasteiger partial charge in [-0.15, -0.1) is 0 Å². The molecule has 0 aliphatic rings. The molecule has 130 valence electrons. The Hall–Kier alpha value is -2.35. The van der Waals surface area contributed by atoms with E-state index in [1.165, 1.54) is 13.2 Å². The van der Waals surface area contributed by atoms with E-state index in [1.807, 2.05) is 19.9 Å². The Morgan fingerprint density at radius 3 is 2.29 bits per heavy atom. The first kappa shape index (κ1) is 18.0. The second kappa shape index (κ2) is 6.27. The van der Waals surface area contributed by atoms with Gasteiger partial charge in [-0.3, -0.25) is 4.79 Å². The standard InChI is InChI=1S/C16H18F3N3O2/c1-10-6-11(2)8-12(7-10)21-13(23)9-15(24,16(17,18)19)14-20-4-5-22(14)3/h4-8,24H,9H2,1-3H3,(H,21,23). The monoisotopic (exact) mass is 341 g/mol. The van der Waals surface area contributed by atoms with Crippen LogP contribution >= 0.6 is 0 Å². The van der Waals surface area contributed by atoms with Crippen molar-refractivity contribution in [3.63, 3.8) is 0 Å². The fraction of sp³-hybridized carbons (Fsp3) is 0.375. The predicted octanol–water partition coefficient (Wildman–Crippen LogP) is 2.82. The second-order valence-corrected chi connectivity index (χ2v) is 5.82. The van der Waals surface area contributed by atoms with E-state index in [9.17, 15) is 23.1 Å². The van der Waals surface area contributed by atoms with Crippen LogP contribution in [0, 0.1) is 13.8 Å². The summed E-state index contributed by atoms with van der Waals surface area (Å²) < 4.78 is 41.2. The van der Waals surface area contributed by atoms with Crippen LogP contribution in [0.2, 0.25) is 0 Å². The molecule has 2 aromatic rings. The summed E-state index contributed by atoms with van der Waals surface area (Å²) in [4.78, 5) is 15.7. The molecule has 1 atom stereocenters. The summed E-state index contributed by atoms with van der Waals surface area (Å²) in [7, 11) is 1.32. The Morgan fingerprint density at radius 2 is 1.83 bits per heavy atom. The highest BCUT2D eigenvalue weighted by atomic mass is 19.4. The summed E-state index contributed by atoms with van der Waals surface area (Å²) >= 11 is 0. The van der Waals surface area contributed by atoms with E-state index in [0.29, 0.717) is 5.69 Å². The third-order valence-electron chi connectivity index (χ3n) is 3.58. The summed E-state index contributed by atoms with van der Waals surface area (Å²) in [6.07, 6.45) is -3.83. The van der Waals surface area contributed by atoms with Crippen molar-refractivity contribution in [3.8, 4) is 0 Å². The van der Waals surface area contributed by atoms with Crippen LogP contribution < -0.4 is 5.32 Å². The second-order valence-electron chi connectivity index (χ2n) is 5.82. The van der Waals surface area contributed by atoms with Gasteiger partial charge in [0.2, 0.25) is 11.5 Å². The Morgan fingerprint density at radius 1 is 1.25 bits per heavy atom. The van der Waals surface area contributed by atoms with E-state index in [0.717, 1.165) is 21.9 Å². The van der Waals surface area contributed by atoms with Crippen LogP contribution in [0.5, 0.6) is 0 Å². The number of carbonyl (C=O) groups excluding carboxylic acids is 1. The predicted molar refractivity (Wildman–Crippen MR) is 82.3 cm³/mol. The molecule has 5 nitrogen and oxygen atoms in total.